The van der Waals surface area contributed by atoms with E-state index in [4.69, 9.17) is 5.11 Å². The van der Waals surface area contributed by atoms with Gasteiger partial charge in [0, 0.05) is 24.5 Å². The van der Waals surface area contributed by atoms with Gasteiger partial charge in [0.1, 0.15) is 6.29 Å². The first-order valence-corrected chi connectivity index (χ1v) is 10.5. The maximum Gasteiger partial charge on any atom is 0.305 e. The predicted octanol–water partition coefficient (Wildman–Crippen LogP) is 2.54. The van der Waals surface area contributed by atoms with Gasteiger partial charge in [-0.1, -0.05) is 18.6 Å². The third kappa shape index (κ3) is 7.61. The summed E-state index contributed by atoms with van der Waals surface area (Å²) < 4.78 is 0. The lowest BCUT2D eigenvalue weighted by Crippen LogP contribution is -2.40. The Morgan fingerprint density at radius 1 is 1.12 bits per heavy atom. The van der Waals surface area contributed by atoms with Crippen LogP contribution < -0.4 is 10.6 Å². The van der Waals surface area contributed by atoms with Crippen LogP contribution in [0.5, 0.6) is 0 Å². The molecule has 0 bridgehead atoms. The van der Waals surface area contributed by atoms with E-state index in [1.165, 1.54) is 0 Å². The van der Waals surface area contributed by atoms with Crippen molar-refractivity contribution in [3.05, 3.63) is 65.0 Å². The smallest absolute Gasteiger partial charge is 0.305 e. The second-order valence-corrected chi connectivity index (χ2v) is 7.74. The molecule has 0 aliphatic carbocycles. The summed E-state index contributed by atoms with van der Waals surface area (Å²) in [6.45, 7) is 4.41. The number of carboxylic acid groups (broad SMARTS) is 1. The Morgan fingerprint density at radius 3 is 2.53 bits per heavy atom. The molecule has 0 radical (unpaired) electrons. The highest BCUT2D eigenvalue weighted by molar-refractivity contribution is 5.94. The summed E-state index contributed by atoms with van der Waals surface area (Å²) in [5, 5.41) is 14.3. The van der Waals surface area contributed by atoms with E-state index in [0.717, 1.165) is 11.1 Å². The average molecular weight is 440 g/mol. The molecular formula is C24H29N3O5. The molecule has 170 valence electrons. The maximum atomic E-state index is 12.8. The summed E-state index contributed by atoms with van der Waals surface area (Å²) >= 11 is 0. The molecule has 3 N–H and O–H groups in total. The molecule has 2 aromatic rings. The highest BCUT2D eigenvalue weighted by Crippen LogP contribution is 2.22. The molecule has 0 fully saturated rings. The number of amides is 2. The highest BCUT2D eigenvalue weighted by atomic mass is 16.4. The zero-order valence-corrected chi connectivity index (χ0v) is 18.3. The summed E-state index contributed by atoms with van der Waals surface area (Å²) in [4.78, 5) is 51.1. The maximum absolute atomic E-state index is 12.8. The number of pyridine rings is 1. The van der Waals surface area contributed by atoms with Crippen molar-refractivity contribution < 1.29 is 24.3 Å². The summed E-state index contributed by atoms with van der Waals surface area (Å²) in [6.07, 6.45) is 4.90. The van der Waals surface area contributed by atoms with E-state index in [0.29, 0.717) is 43.2 Å². The predicted molar refractivity (Wildman–Crippen MR) is 119 cm³/mol. The number of hydrogen-bond donors (Lipinski definition) is 3. The van der Waals surface area contributed by atoms with Gasteiger partial charge in [-0.25, -0.2) is 0 Å². The molecule has 8 nitrogen and oxygen atoms in total. The zero-order chi connectivity index (χ0) is 23.5. The fourth-order valence-electron chi connectivity index (χ4n) is 3.30. The number of carbonyl (C=O) groups excluding carboxylic acids is 3. The first kappa shape index (κ1) is 24.7. The Hall–Kier alpha value is -3.55. The summed E-state index contributed by atoms with van der Waals surface area (Å²) in [7, 11) is 0. The van der Waals surface area contributed by atoms with Crippen molar-refractivity contribution in [1.29, 1.82) is 0 Å². The van der Waals surface area contributed by atoms with Gasteiger partial charge in [0.05, 0.1) is 18.4 Å². The van der Waals surface area contributed by atoms with Crippen molar-refractivity contribution in [2.45, 2.75) is 51.5 Å². The Morgan fingerprint density at radius 2 is 1.91 bits per heavy atom. The standard InChI is InChI=1S/C24H29N3O5/c1-16-8-9-18(12-17(16)2)23(31)26-11-4-3-7-21(19-6-5-10-25-14-19)24(32)27-20(15-28)13-22(29)30/h5-6,8-10,12,14-15,20-21H,3-4,7,11,13H2,1-2H3,(H,26,31)(H,27,32)(H,29,30). The minimum Gasteiger partial charge on any atom is -0.481 e. The van der Waals surface area contributed by atoms with Crippen molar-refractivity contribution >= 4 is 24.1 Å². The Balaban J connectivity index is 1.90. The van der Waals surface area contributed by atoms with Gasteiger partial charge in [-0.3, -0.25) is 19.4 Å². The number of rotatable bonds is 12. The van der Waals surface area contributed by atoms with E-state index in [1.54, 1.807) is 30.6 Å². The SMILES string of the molecule is Cc1ccc(C(=O)NCCCCC(C(=O)NC(C=O)CC(=O)O)c2cccnc2)cc1C. The lowest BCUT2D eigenvalue weighted by molar-refractivity contribution is -0.138. The van der Waals surface area contributed by atoms with Crippen LogP contribution in [0, 0.1) is 13.8 Å². The van der Waals surface area contributed by atoms with Crippen molar-refractivity contribution in [2.75, 3.05) is 6.54 Å². The molecule has 0 saturated carbocycles. The van der Waals surface area contributed by atoms with Gasteiger partial charge in [-0.05, 0) is 61.6 Å². The van der Waals surface area contributed by atoms with E-state index in [1.807, 2.05) is 26.0 Å². The molecule has 2 unspecified atom stereocenters. The number of aryl methyl sites for hydroxylation is 2. The average Bonchev–Trinajstić information content (AvgIpc) is 2.77. The normalized spacial score (nSPS) is 12.4. The second kappa shape index (κ2) is 12.3. The largest absolute Gasteiger partial charge is 0.481 e. The number of unbranched alkanes of at least 4 members (excludes halogenated alkanes) is 1. The quantitative estimate of drug-likeness (QED) is 0.345. The minimum atomic E-state index is -1.17. The molecule has 0 aliphatic rings. The first-order chi connectivity index (χ1) is 15.3. The van der Waals surface area contributed by atoms with Crippen LogP contribution in [0.2, 0.25) is 0 Å². The fourth-order valence-corrected chi connectivity index (χ4v) is 3.30. The lowest BCUT2D eigenvalue weighted by Gasteiger charge is -2.19. The van der Waals surface area contributed by atoms with E-state index in [9.17, 15) is 19.2 Å². The number of aldehydes is 1. The topological polar surface area (TPSA) is 125 Å². The van der Waals surface area contributed by atoms with Crippen LogP contribution in [0.1, 0.15) is 58.6 Å². The number of aromatic nitrogens is 1. The highest BCUT2D eigenvalue weighted by Gasteiger charge is 2.24. The van der Waals surface area contributed by atoms with Crippen LogP contribution in [-0.2, 0) is 14.4 Å². The van der Waals surface area contributed by atoms with Crippen LogP contribution in [0.3, 0.4) is 0 Å². The molecule has 32 heavy (non-hydrogen) atoms. The molecule has 1 aromatic heterocycles. The Bertz CT molecular complexity index is 946. The van der Waals surface area contributed by atoms with Crippen molar-refractivity contribution in [3.63, 3.8) is 0 Å². The molecule has 2 rings (SSSR count). The van der Waals surface area contributed by atoms with E-state index in [2.05, 4.69) is 15.6 Å². The Kier molecular flexibility index (Phi) is 9.53. The fraction of sp³-hybridized carbons (Fsp3) is 0.375. The van der Waals surface area contributed by atoms with Gasteiger partial charge < -0.3 is 20.5 Å². The van der Waals surface area contributed by atoms with E-state index in [-0.39, 0.29) is 5.91 Å². The third-order valence-electron chi connectivity index (χ3n) is 5.26. The number of nitrogens with one attached hydrogen (secondary N) is 2. The monoisotopic (exact) mass is 439 g/mol. The molecule has 2 atom stereocenters. The van der Waals surface area contributed by atoms with Gasteiger partial charge >= 0.3 is 5.97 Å². The van der Waals surface area contributed by atoms with Crippen LogP contribution in [-0.4, -0.2) is 46.7 Å². The van der Waals surface area contributed by atoms with Gasteiger partial charge in [0.15, 0.2) is 0 Å². The summed E-state index contributed by atoms with van der Waals surface area (Å²) in [6, 6.07) is 7.96. The summed E-state index contributed by atoms with van der Waals surface area (Å²) in [5.74, 6) is -2.30. The number of aliphatic carboxylic acids is 1. The molecular weight excluding hydrogens is 410 g/mol. The molecule has 0 spiro atoms. The lowest BCUT2D eigenvalue weighted by atomic mass is 9.93. The third-order valence-corrected chi connectivity index (χ3v) is 5.26. The number of hydrogen-bond acceptors (Lipinski definition) is 5. The molecule has 0 saturated heterocycles. The van der Waals surface area contributed by atoms with Crippen LogP contribution in [0.15, 0.2) is 42.7 Å². The van der Waals surface area contributed by atoms with Crippen molar-refractivity contribution in [3.8, 4) is 0 Å². The molecule has 8 heteroatoms. The van der Waals surface area contributed by atoms with Crippen LogP contribution in [0.4, 0.5) is 0 Å². The first-order valence-electron chi connectivity index (χ1n) is 10.5. The second-order valence-electron chi connectivity index (χ2n) is 7.74. The van der Waals surface area contributed by atoms with Gasteiger partial charge in [-0.2, -0.15) is 0 Å². The molecule has 0 aliphatic heterocycles. The van der Waals surface area contributed by atoms with Crippen LogP contribution in [0.25, 0.3) is 0 Å². The van der Waals surface area contributed by atoms with Gasteiger partial charge in [0.2, 0.25) is 5.91 Å². The Labute approximate surface area is 187 Å². The molecule has 1 heterocycles. The van der Waals surface area contributed by atoms with Gasteiger partial charge in [-0.15, -0.1) is 0 Å². The molecule has 1 aromatic carbocycles. The number of benzene rings is 1. The van der Waals surface area contributed by atoms with Gasteiger partial charge in [0.25, 0.3) is 5.91 Å². The summed E-state index contributed by atoms with van der Waals surface area (Å²) in [5.41, 5.74) is 3.48. The van der Waals surface area contributed by atoms with Crippen molar-refractivity contribution in [2.24, 2.45) is 0 Å². The minimum absolute atomic E-state index is 0.142. The molecule has 2 amide bonds. The number of nitrogens with zero attached hydrogens (tertiary/aromatic N) is 1. The van der Waals surface area contributed by atoms with E-state index >= 15 is 0 Å². The number of carboxylic acids is 1. The van der Waals surface area contributed by atoms with Crippen molar-refractivity contribution in [1.82, 2.24) is 15.6 Å². The zero-order valence-electron chi connectivity index (χ0n) is 18.3. The number of carbonyl (C=O) groups is 4. The van der Waals surface area contributed by atoms with E-state index < -0.39 is 30.3 Å². The van der Waals surface area contributed by atoms with Crippen LogP contribution >= 0.6 is 0 Å².